The second-order valence-electron chi connectivity index (χ2n) is 4.73. The summed E-state index contributed by atoms with van der Waals surface area (Å²) in [6, 6.07) is 14.9. The van der Waals surface area contributed by atoms with Gasteiger partial charge >= 0.3 is 5.97 Å². The van der Waals surface area contributed by atoms with E-state index in [1.807, 2.05) is 48.5 Å². The van der Waals surface area contributed by atoms with Crippen LogP contribution in [-0.2, 0) is 6.54 Å². The zero-order valence-electron chi connectivity index (χ0n) is 11.3. The van der Waals surface area contributed by atoms with Gasteiger partial charge in [-0.25, -0.2) is 4.79 Å². The SMILES string of the molecule is NCc1cc(-c2ccccn2)c2ccccc2c1C(=O)O. The van der Waals surface area contributed by atoms with Crippen molar-refractivity contribution in [3.8, 4) is 11.3 Å². The molecular weight excluding hydrogens is 264 g/mol. The third-order valence-electron chi connectivity index (χ3n) is 3.50. The lowest BCUT2D eigenvalue weighted by molar-refractivity contribution is 0.0698. The highest BCUT2D eigenvalue weighted by Gasteiger charge is 2.17. The van der Waals surface area contributed by atoms with Gasteiger partial charge in [0.05, 0.1) is 11.3 Å². The van der Waals surface area contributed by atoms with Crippen molar-refractivity contribution in [2.24, 2.45) is 5.73 Å². The van der Waals surface area contributed by atoms with E-state index >= 15 is 0 Å². The fourth-order valence-electron chi connectivity index (χ4n) is 2.58. The largest absolute Gasteiger partial charge is 0.478 e. The summed E-state index contributed by atoms with van der Waals surface area (Å²) in [6.45, 7) is 0.173. The predicted molar refractivity (Wildman–Crippen MR) is 82.0 cm³/mol. The molecule has 0 saturated heterocycles. The van der Waals surface area contributed by atoms with Crippen LogP contribution in [0.3, 0.4) is 0 Å². The minimum Gasteiger partial charge on any atom is -0.478 e. The van der Waals surface area contributed by atoms with Crippen LogP contribution >= 0.6 is 0 Å². The zero-order valence-corrected chi connectivity index (χ0v) is 11.3. The van der Waals surface area contributed by atoms with Crippen molar-refractivity contribution < 1.29 is 9.90 Å². The number of carboxylic acid groups (broad SMARTS) is 1. The Bertz CT molecular complexity index is 814. The van der Waals surface area contributed by atoms with Gasteiger partial charge in [0.1, 0.15) is 0 Å². The van der Waals surface area contributed by atoms with E-state index < -0.39 is 5.97 Å². The highest BCUT2D eigenvalue weighted by atomic mass is 16.4. The van der Waals surface area contributed by atoms with Gasteiger partial charge in [0.15, 0.2) is 0 Å². The van der Waals surface area contributed by atoms with Gasteiger partial charge < -0.3 is 10.8 Å². The summed E-state index contributed by atoms with van der Waals surface area (Å²) >= 11 is 0. The Morgan fingerprint density at radius 1 is 1.10 bits per heavy atom. The molecule has 4 heteroatoms. The summed E-state index contributed by atoms with van der Waals surface area (Å²) in [6.07, 6.45) is 1.72. The third kappa shape index (κ3) is 2.26. The van der Waals surface area contributed by atoms with Gasteiger partial charge in [0.25, 0.3) is 0 Å². The molecule has 104 valence electrons. The molecule has 0 unspecified atom stereocenters. The van der Waals surface area contributed by atoms with Crippen LogP contribution in [0.15, 0.2) is 54.7 Å². The monoisotopic (exact) mass is 278 g/mol. The fourth-order valence-corrected chi connectivity index (χ4v) is 2.58. The highest BCUT2D eigenvalue weighted by molar-refractivity contribution is 6.09. The van der Waals surface area contributed by atoms with Crippen LogP contribution in [0.4, 0.5) is 0 Å². The van der Waals surface area contributed by atoms with Crippen LogP contribution in [0.25, 0.3) is 22.0 Å². The Morgan fingerprint density at radius 2 is 1.81 bits per heavy atom. The van der Waals surface area contributed by atoms with Crippen LogP contribution in [0.2, 0.25) is 0 Å². The van der Waals surface area contributed by atoms with Crippen molar-refractivity contribution in [2.45, 2.75) is 6.54 Å². The molecule has 0 aliphatic heterocycles. The molecule has 0 bridgehead atoms. The number of carbonyl (C=O) groups is 1. The van der Waals surface area contributed by atoms with E-state index in [1.165, 1.54) is 0 Å². The molecule has 0 fully saturated rings. The Morgan fingerprint density at radius 3 is 2.43 bits per heavy atom. The minimum atomic E-state index is -0.959. The first-order valence-corrected chi connectivity index (χ1v) is 6.61. The summed E-state index contributed by atoms with van der Waals surface area (Å²) in [4.78, 5) is 15.9. The molecular formula is C17H14N2O2. The van der Waals surface area contributed by atoms with E-state index in [0.29, 0.717) is 10.9 Å². The average molecular weight is 278 g/mol. The first kappa shape index (κ1) is 13.3. The lowest BCUT2D eigenvalue weighted by atomic mass is 9.93. The highest BCUT2D eigenvalue weighted by Crippen LogP contribution is 2.32. The van der Waals surface area contributed by atoms with Crippen LogP contribution in [0.1, 0.15) is 15.9 Å². The van der Waals surface area contributed by atoms with Gasteiger partial charge in [-0.05, 0) is 34.5 Å². The maximum absolute atomic E-state index is 11.6. The number of hydrogen-bond donors (Lipinski definition) is 2. The summed E-state index contributed by atoms with van der Waals surface area (Å²) < 4.78 is 0. The number of pyridine rings is 1. The van der Waals surface area contributed by atoms with Crippen molar-refractivity contribution in [1.29, 1.82) is 0 Å². The summed E-state index contributed by atoms with van der Waals surface area (Å²) in [5.41, 5.74) is 8.33. The van der Waals surface area contributed by atoms with E-state index in [4.69, 9.17) is 5.73 Å². The van der Waals surface area contributed by atoms with Crippen LogP contribution in [-0.4, -0.2) is 16.1 Å². The average Bonchev–Trinajstić information content (AvgIpc) is 2.53. The van der Waals surface area contributed by atoms with E-state index in [9.17, 15) is 9.90 Å². The molecule has 21 heavy (non-hydrogen) atoms. The minimum absolute atomic E-state index is 0.173. The number of nitrogens with zero attached hydrogens (tertiary/aromatic N) is 1. The number of aromatic nitrogens is 1. The van der Waals surface area contributed by atoms with Gasteiger partial charge in [-0.3, -0.25) is 4.98 Å². The zero-order chi connectivity index (χ0) is 14.8. The fraction of sp³-hybridized carbons (Fsp3) is 0.0588. The Kier molecular flexibility index (Phi) is 3.38. The van der Waals surface area contributed by atoms with Crippen molar-refractivity contribution in [3.05, 3.63) is 65.9 Å². The molecule has 0 atom stereocenters. The number of carboxylic acids is 1. The maximum atomic E-state index is 11.6. The second-order valence-corrected chi connectivity index (χ2v) is 4.73. The van der Waals surface area contributed by atoms with Crippen LogP contribution < -0.4 is 5.73 Å². The molecule has 0 spiro atoms. The summed E-state index contributed by atoms with van der Waals surface area (Å²) in [5, 5.41) is 11.0. The molecule has 0 aliphatic rings. The Hall–Kier alpha value is -2.72. The molecule has 3 N–H and O–H groups in total. The number of aromatic carboxylic acids is 1. The second kappa shape index (κ2) is 5.34. The van der Waals surface area contributed by atoms with Crippen LogP contribution in [0, 0.1) is 0 Å². The molecule has 2 aromatic carbocycles. The van der Waals surface area contributed by atoms with Gasteiger partial charge in [0.2, 0.25) is 0 Å². The Labute approximate surface area is 121 Å². The smallest absolute Gasteiger partial charge is 0.336 e. The number of rotatable bonds is 3. The number of fused-ring (bicyclic) bond motifs is 1. The molecule has 4 nitrogen and oxygen atoms in total. The molecule has 0 saturated carbocycles. The van der Waals surface area contributed by atoms with Crippen LogP contribution in [0.5, 0.6) is 0 Å². The van der Waals surface area contributed by atoms with E-state index in [2.05, 4.69) is 4.98 Å². The molecule has 1 heterocycles. The van der Waals surface area contributed by atoms with E-state index in [0.717, 1.165) is 16.6 Å². The lowest BCUT2D eigenvalue weighted by Gasteiger charge is -2.13. The third-order valence-corrected chi connectivity index (χ3v) is 3.50. The maximum Gasteiger partial charge on any atom is 0.336 e. The molecule has 0 amide bonds. The lowest BCUT2D eigenvalue weighted by Crippen LogP contribution is -2.08. The molecule has 3 rings (SSSR count). The summed E-state index contributed by atoms with van der Waals surface area (Å²) in [7, 11) is 0. The first-order valence-electron chi connectivity index (χ1n) is 6.61. The van der Waals surface area contributed by atoms with Crippen molar-refractivity contribution in [2.75, 3.05) is 0 Å². The Balaban J connectivity index is 2.42. The number of nitrogens with two attached hydrogens (primary N) is 1. The normalized spacial score (nSPS) is 10.7. The topological polar surface area (TPSA) is 76.2 Å². The van der Waals surface area contributed by atoms with E-state index in [1.54, 1.807) is 6.20 Å². The molecule has 1 aromatic heterocycles. The van der Waals surface area contributed by atoms with Crippen molar-refractivity contribution in [1.82, 2.24) is 4.98 Å². The first-order chi connectivity index (χ1) is 10.2. The standard InChI is InChI=1S/C17H14N2O2/c18-10-11-9-14(15-7-3-4-8-19-15)12-5-1-2-6-13(12)16(11)17(20)21/h1-9H,10,18H2,(H,20,21). The van der Waals surface area contributed by atoms with Gasteiger partial charge in [-0.2, -0.15) is 0 Å². The summed E-state index contributed by atoms with van der Waals surface area (Å²) in [5.74, 6) is -0.959. The number of hydrogen-bond acceptors (Lipinski definition) is 3. The van der Waals surface area contributed by atoms with Gasteiger partial charge in [0, 0.05) is 18.3 Å². The molecule has 0 aliphatic carbocycles. The van der Waals surface area contributed by atoms with E-state index in [-0.39, 0.29) is 12.1 Å². The molecule has 3 aromatic rings. The van der Waals surface area contributed by atoms with Crippen molar-refractivity contribution >= 4 is 16.7 Å². The predicted octanol–water partition coefficient (Wildman–Crippen LogP) is 3.06. The quantitative estimate of drug-likeness (QED) is 0.772. The molecule has 0 radical (unpaired) electrons. The number of benzene rings is 2. The van der Waals surface area contributed by atoms with Gasteiger partial charge in [-0.15, -0.1) is 0 Å². The van der Waals surface area contributed by atoms with Crippen molar-refractivity contribution in [3.63, 3.8) is 0 Å². The van der Waals surface area contributed by atoms with Gasteiger partial charge in [-0.1, -0.05) is 30.3 Å².